The number of aromatic nitrogens is 5. The molecule has 148 valence electrons. The highest BCUT2D eigenvalue weighted by atomic mass is 35.5. The van der Waals surface area contributed by atoms with Gasteiger partial charge in [-0.2, -0.15) is 0 Å². The summed E-state index contributed by atoms with van der Waals surface area (Å²) in [5.41, 5.74) is -0.247. The van der Waals surface area contributed by atoms with E-state index in [0.29, 0.717) is 20.6 Å². The zero-order valence-electron chi connectivity index (χ0n) is 14.2. The molecular formula is C16H16ClN5O4S2. The first-order valence-electron chi connectivity index (χ1n) is 8.28. The lowest BCUT2D eigenvalue weighted by Crippen LogP contribution is -2.55. The van der Waals surface area contributed by atoms with Crippen molar-refractivity contribution in [3.63, 3.8) is 0 Å². The molecular weight excluding hydrogens is 426 g/mol. The van der Waals surface area contributed by atoms with Gasteiger partial charge in [0.15, 0.2) is 0 Å². The molecule has 0 radical (unpaired) electrons. The van der Waals surface area contributed by atoms with E-state index in [2.05, 4.69) is 20.3 Å². The standard InChI is InChI=1S/C16H16ClN5O4S2/c17-8-3-9(5-18-4-8)28-16-14(25)12(13(24)11(7-23)26-16)22-6-10(20-21-22)15-19-1-2-27-15/h1-6,11-14,16,23-25H,7H2/t11?,12?,13?,14-,16?/m0/s1. The van der Waals surface area contributed by atoms with Crippen LogP contribution in [0.15, 0.2) is 41.1 Å². The minimum absolute atomic E-state index is 0.413. The van der Waals surface area contributed by atoms with Crippen LogP contribution < -0.4 is 0 Å². The Morgan fingerprint density at radius 1 is 1.29 bits per heavy atom. The smallest absolute Gasteiger partial charge is 0.145 e. The van der Waals surface area contributed by atoms with Crippen LogP contribution in [0.3, 0.4) is 0 Å². The third-order valence-electron chi connectivity index (χ3n) is 4.25. The van der Waals surface area contributed by atoms with Gasteiger partial charge in [-0.3, -0.25) is 4.98 Å². The molecule has 0 aliphatic carbocycles. The van der Waals surface area contributed by atoms with Gasteiger partial charge in [-0.15, -0.1) is 16.4 Å². The molecule has 1 aliphatic heterocycles. The number of hydrogen-bond donors (Lipinski definition) is 3. The topological polar surface area (TPSA) is 126 Å². The summed E-state index contributed by atoms with van der Waals surface area (Å²) in [7, 11) is 0. The van der Waals surface area contributed by atoms with E-state index in [4.69, 9.17) is 16.3 Å². The van der Waals surface area contributed by atoms with E-state index in [0.717, 1.165) is 0 Å². The van der Waals surface area contributed by atoms with E-state index in [1.165, 1.54) is 34.0 Å². The van der Waals surface area contributed by atoms with Crippen molar-refractivity contribution in [3.8, 4) is 10.7 Å². The van der Waals surface area contributed by atoms with Gasteiger partial charge in [0.2, 0.25) is 0 Å². The predicted octanol–water partition coefficient (Wildman–Crippen LogP) is 1.22. The molecule has 3 aromatic heterocycles. The quantitative estimate of drug-likeness (QED) is 0.535. The second-order valence-electron chi connectivity index (χ2n) is 6.08. The Morgan fingerprint density at radius 2 is 2.14 bits per heavy atom. The second-order valence-corrected chi connectivity index (χ2v) is 8.58. The first-order chi connectivity index (χ1) is 13.6. The van der Waals surface area contributed by atoms with Crippen molar-refractivity contribution in [2.75, 3.05) is 6.61 Å². The maximum absolute atomic E-state index is 10.9. The molecule has 3 N–H and O–H groups in total. The number of ether oxygens (including phenoxy) is 1. The van der Waals surface area contributed by atoms with Crippen LogP contribution in [-0.4, -0.2) is 70.6 Å². The summed E-state index contributed by atoms with van der Waals surface area (Å²) in [5, 5.41) is 42.2. The second kappa shape index (κ2) is 8.41. The largest absolute Gasteiger partial charge is 0.394 e. The average molecular weight is 442 g/mol. The van der Waals surface area contributed by atoms with Crippen LogP contribution in [-0.2, 0) is 4.74 Å². The first kappa shape index (κ1) is 19.7. The molecule has 5 atom stereocenters. The van der Waals surface area contributed by atoms with Gasteiger partial charge < -0.3 is 20.1 Å². The lowest BCUT2D eigenvalue weighted by atomic mass is 9.97. The van der Waals surface area contributed by atoms with Gasteiger partial charge in [0.25, 0.3) is 0 Å². The van der Waals surface area contributed by atoms with Crippen LogP contribution in [0.5, 0.6) is 0 Å². The van der Waals surface area contributed by atoms with Gasteiger partial charge in [0, 0.05) is 28.9 Å². The summed E-state index contributed by atoms with van der Waals surface area (Å²) < 4.78 is 7.09. The number of thiazole rings is 1. The van der Waals surface area contributed by atoms with Crippen molar-refractivity contribution >= 4 is 34.7 Å². The highest BCUT2D eigenvalue weighted by Gasteiger charge is 2.46. The van der Waals surface area contributed by atoms with Crippen LogP contribution >= 0.6 is 34.7 Å². The first-order valence-corrected chi connectivity index (χ1v) is 10.4. The van der Waals surface area contributed by atoms with Crippen LogP contribution in [0.25, 0.3) is 10.7 Å². The lowest BCUT2D eigenvalue weighted by Gasteiger charge is -2.41. The molecule has 4 heterocycles. The lowest BCUT2D eigenvalue weighted by molar-refractivity contribution is -0.178. The van der Waals surface area contributed by atoms with E-state index in [1.54, 1.807) is 24.7 Å². The minimum atomic E-state index is -1.18. The van der Waals surface area contributed by atoms with Crippen molar-refractivity contribution < 1.29 is 20.1 Å². The van der Waals surface area contributed by atoms with E-state index >= 15 is 0 Å². The van der Waals surface area contributed by atoms with Gasteiger partial charge in [0.05, 0.1) is 17.8 Å². The van der Waals surface area contributed by atoms with Crippen LogP contribution in [0.1, 0.15) is 6.04 Å². The van der Waals surface area contributed by atoms with Gasteiger partial charge in [-0.25, -0.2) is 9.67 Å². The van der Waals surface area contributed by atoms with Crippen molar-refractivity contribution in [2.24, 2.45) is 0 Å². The number of rotatable bonds is 5. The Balaban J connectivity index is 1.61. The molecule has 1 saturated heterocycles. The van der Waals surface area contributed by atoms with Crippen LogP contribution in [0.2, 0.25) is 5.02 Å². The van der Waals surface area contributed by atoms with Gasteiger partial charge >= 0.3 is 0 Å². The number of nitrogens with zero attached hydrogens (tertiary/aromatic N) is 5. The fraction of sp³-hybridized carbons (Fsp3) is 0.375. The Hall–Kier alpha value is -1.60. The van der Waals surface area contributed by atoms with E-state index in [1.807, 2.05) is 5.38 Å². The summed E-state index contributed by atoms with van der Waals surface area (Å²) in [6.07, 6.45) is 3.15. The SMILES string of the molecule is OCC1OC(Sc2cncc(Cl)c2)[C@@H](O)C(n2cc(-c3nccs3)nn2)C1O. The summed E-state index contributed by atoms with van der Waals surface area (Å²) in [6.45, 7) is -0.413. The Morgan fingerprint density at radius 3 is 2.86 bits per heavy atom. The number of aliphatic hydroxyl groups excluding tert-OH is 3. The molecule has 0 bridgehead atoms. The maximum Gasteiger partial charge on any atom is 0.145 e. The highest BCUT2D eigenvalue weighted by molar-refractivity contribution is 7.99. The highest BCUT2D eigenvalue weighted by Crippen LogP contribution is 2.38. The fourth-order valence-electron chi connectivity index (χ4n) is 2.94. The average Bonchev–Trinajstić information content (AvgIpc) is 3.36. The van der Waals surface area contributed by atoms with E-state index in [9.17, 15) is 15.3 Å². The van der Waals surface area contributed by atoms with Crippen LogP contribution in [0, 0.1) is 0 Å². The van der Waals surface area contributed by atoms with Gasteiger partial charge in [-0.05, 0) is 6.07 Å². The van der Waals surface area contributed by atoms with Crippen molar-refractivity contribution in [3.05, 3.63) is 41.3 Å². The van der Waals surface area contributed by atoms with Crippen molar-refractivity contribution in [2.45, 2.75) is 34.7 Å². The van der Waals surface area contributed by atoms with Crippen molar-refractivity contribution in [1.82, 2.24) is 25.0 Å². The molecule has 12 heteroatoms. The summed E-state index contributed by atoms with van der Waals surface area (Å²) >= 11 is 8.57. The third kappa shape index (κ3) is 3.92. The monoisotopic (exact) mass is 441 g/mol. The molecule has 0 spiro atoms. The summed E-state index contributed by atoms with van der Waals surface area (Å²) in [4.78, 5) is 8.88. The summed E-state index contributed by atoms with van der Waals surface area (Å²) in [6, 6.07) is 0.830. The van der Waals surface area contributed by atoms with Crippen molar-refractivity contribution in [1.29, 1.82) is 0 Å². The zero-order chi connectivity index (χ0) is 19.7. The molecule has 0 aromatic carbocycles. The molecule has 0 saturated carbocycles. The maximum atomic E-state index is 10.9. The molecule has 3 aromatic rings. The Bertz CT molecular complexity index is 927. The Labute approximate surface area is 173 Å². The summed E-state index contributed by atoms with van der Waals surface area (Å²) in [5.74, 6) is 0. The number of aliphatic hydroxyl groups is 3. The number of thioether (sulfide) groups is 1. The number of pyridine rings is 1. The fourth-order valence-corrected chi connectivity index (χ4v) is 4.85. The number of halogens is 1. The molecule has 0 amide bonds. The minimum Gasteiger partial charge on any atom is -0.394 e. The van der Waals surface area contributed by atoms with Gasteiger partial charge in [-0.1, -0.05) is 28.6 Å². The zero-order valence-corrected chi connectivity index (χ0v) is 16.6. The molecule has 4 rings (SSSR count). The molecule has 4 unspecified atom stereocenters. The molecule has 9 nitrogen and oxygen atoms in total. The normalized spacial score (nSPS) is 27.8. The van der Waals surface area contributed by atoms with E-state index in [-0.39, 0.29) is 0 Å². The predicted molar refractivity (Wildman–Crippen MR) is 103 cm³/mol. The molecule has 1 fully saturated rings. The molecule has 1 aliphatic rings. The van der Waals surface area contributed by atoms with E-state index < -0.39 is 36.4 Å². The third-order valence-corrected chi connectivity index (χ3v) is 6.37. The Kier molecular flexibility index (Phi) is 5.92. The molecule has 28 heavy (non-hydrogen) atoms. The number of hydrogen-bond acceptors (Lipinski definition) is 10. The van der Waals surface area contributed by atoms with Crippen LogP contribution in [0.4, 0.5) is 0 Å². The van der Waals surface area contributed by atoms with Gasteiger partial charge in [0.1, 0.15) is 40.5 Å².